The maximum atomic E-state index is 13.2. The Labute approximate surface area is 191 Å². The fraction of sp³-hybridized carbons (Fsp3) is 0.333. The summed E-state index contributed by atoms with van der Waals surface area (Å²) >= 11 is 3.04. The molecule has 2 heterocycles. The van der Waals surface area contributed by atoms with Crippen LogP contribution < -0.4 is 9.80 Å². The number of aryl methyl sites for hydroxylation is 1. The van der Waals surface area contributed by atoms with Crippen LogP contribution >= 0.6 is 0 Å². The molecule has 2 aromatic carbocycles. The summed E-state index contributed by atoms with van der Waals surface area (Å²) in [6.07, 6.45) is 1.94. The monoisotopic (exact) mass is 484 g/mol. The predicted octanol–water partition coefficient (Wildman–Crippen LogP) is 1.68. The fourth-order valence-corrected chi connectivity index (χ4v) is 4.59. The van der Waals surface area contributed by atoms with Crippen LogP contribution in [0.2, 0.25) is 0 Å². The van der Waals surface area contributed by atoms with Gasteiger partial charge in [-0.15, -0.1) is 0 Å². The van der Waals surface area contributed by atoms with Gasteiger partial charge >= 0.3 is 173 Å². The van der Waals surface area contributed by atoms with Crippen molar-refractivity contribution in [3.63, 3.8) is 0 Å². The number of carbonyl (C=O) groups is 1. The molecule has 0 aromatic heterocycles. The summed E-state index contributed by atoms with van der Waals surface area (Å²) < 4.78 is 0.775. The molecule has 2 aliphatic rings. The van der Waals surface area contributed by atoms with Gasteiger partial charge in [0.1, 0.15) is 0 Å². The molecule has 4 rings (SSSR count). The zero-order valence-corrected chi connectivity index (χ0v) is 19.7. The number of hydrogen-bond donors (Lipinski definition) is 1. The predicted molar refractivity (Wildman–Crippen MR) is 127 cm³/mol. The average molecular weight is 483 g/mol. The second-order valence-electron chi connectivity index (χ2n) is 7.99. The Morgan fingerprint density at radius 2 is 1.58 bits per heavy atom. The van der Waals surface area contributed by atoms with Crippen LogP contribution in [0.4, 0.5) is 11.4 Å². The van der Waals surface area contributed by atoms with Crippen molar-refractivity contribution in [2.75, 3.05) is 56.2 Å². The molecule has 0 radical (unpaired) electrons. The fourth-order valence-electron chi connectivity index (χ4n) is 3.99. The van der Waals surface area contributed by atoms with E-state index >= 15 is 0 Å². The summed E-state index contributed by atoms with van der Waals surface area (Å²) in [5.41, 5.74) is 4.84. The summed E-state index contributed by atoms with van der Waals surface area (Å²) in [6.45, 7) is 6.84. The van der Waals surface area contributed by atoms with Crippen molar-refractivity contribution in [1.29, 1.82) is 0 Å². The molecule has 2 aliphatic heterocycles. The molecule has 0 bridgehead atoms. The SMILES string of the molecule is Cc1ccc(N2C(=O)/C(=C\c3ccc(N4CCN(CCO)CC4)cc3)N(C)C2=[Se])cc1. The van der Waals surface area contributed by atoms with Gasteiger partial charge in [-0.05, 0) is 0 Å². The van der Waals surface area contributed by atoms with Crippen molar-refractivity contribution in [2.24, 2.45) is 0 Å². The molecule has 2 aromatic rings. The second kappa shape index (κ2) is 9.37. The number of benzene rings is 2. The topological polar surface area (TPSA) is 50.3 Å². The first-order chi connectivity index (χ1) is 15.0. The molecule has 0 atom stereocenters. The van der Waals surface area contributed by atoms with E-state index in [9.17, 15) is 4.79 Å². The number of rotatable bonds is 5. The van der Waals surface area contributed by atoms with Crippen LogP contribution in [0.25, 0.3) is 6.08 Å². The van der Waals surface area contributed by atoms with Crippen molar-refractivity contribution in [2.45, 2.75) is 6.92 Å². The van der Waals surface area contributed by atoms with Crippen LogP contribution in [-0.4, -0.2) is 87.4 Å². The Hall–Kier alpha value is -2.44. The number of amides is 1. The van der Waals surface area contributed by atoms with Crippen molar-refractivity contribution in [3.05, 3.63) is 65.4 Å². The third kappa shape index (κ3) is 4.60. The molecular weight excluding hydrogens is 455 g/mol. The number of likely N-dealkylation sites (N-methyl/N-ethyl adjacent to an activating group) is 1. The molecule has 2 saturated heterocycles. The number of aliphatic hydroxyl groups is 1. The van der Waals surface area contributed by atoms with Gasteiger partial charge in [-0.25, -0.2) is 0 Å². The molecule has 6 nitrogen and oxygen atoms in total. The van der Waals surface area contributed by atoms with E-state index in [0.717, 1.165) is 54.2 Å². The van der Waals surface area contributed by atoms with E-state index in [0.29, 0.717) is 5.70 Å². The standard InChI is InChI=1S/C24H28N4O2Se/c1-18-3-7-21(8-4-18)28-23(30)22(25(2)24(28)31)17-19-5-9-20(10-6-19)27-13-11-26(12-14-27)15-16-29/h3-10,17,29H,11-16H2,1-2H3/b22-17+. The zero-order chi connectivity index (χ0) is 22.0. The van der Waals surface area contributed by atoms with E-state index in [1.807, 2.05) is 49.2 Å². The molecule has 162 valence electrons. The maximum absolute atomic E-state index is 13.2. The first-order valence-corrected chi connectivity index (χ1v) is 11.4. The number of aliphatic hydroxyl groups excluding tert-OH is 1. The minimum atomic E-state index is -0.0378. The van der Waals surface area contributed by atoms with E-state index < -0.39 is 0 Å². The number of piperazine rings is 1. The molecule has 0 aliphatic carbocycles. The Morgan fingerprint density at radius 1 is 0.968 bits per heavy atom. The van der Waals surface area contributed by atoms with Gasteiger partial charge < -0.3 is 5.11 Å². The number of hydrogen-bond acceptors (Lipinski definition) is 5. The van der Waals surface area contributed by atoms with Gasteiger partial charge in [-0.2, -0.15) is 0 Å². The molecule has 2 fully saturated rings. The van der Waals surface area contributed by atoms with Gasteiger partial charge in [0.25, 0.3) is 0 Å². The summed E-state index contributed by atoms with van der Waals surface area (Å²) in [5.74, 6) is -0.0378. The summed E-state index contributed by atoms with van der Waals surface area (Å²) in [7, 11) is 1.91. The summed E-state index contributed by atoms with van der Waals surface area (Å²) in [5, 5.41) is 9.10. The third-order valence-corrected chi connectivity index (χ3v) is 6.86. The van der Waals surface area contributed by atoms with Gasteiger partial charge in [0.05, 0.1) is 6.61 Å². The van der Waals surface area contributed by atoms with Crippen LogP contribution in [-0.2, 0) is 4.79 Å². The second-order valence-corrected chi connectivity index (χ2v) is 8.76. The van der Waals surface area contributed by atoms with E-state index in [1.165, 1.54) is 5.69 Å². The van der Waals surface area contributed by atoms with E-state index in [2.05, 4.69) is 49.6 Å². The molecule has 0 spiro atoms. The first kappa shape index (κ1) is 21.8. The van der Waals surface area contributed by atoms with Gasteiger partial charge in [0, 0.05) is 6.54 Å². The van der Waals surface area contributed by atoms with Crippen molar-refractivity contribution < 1.29 is 9.90 Å². The molecule has 7 heteroatoms. The number of β-amino-alcohol motifs (C(OH)–C–C–N with tert-alkyl or cyclic N) is 1. The molecule has 31 heavy (non-hydrogen) atoms. The first-order valence-electron chi connectivity index (χ1n) is 10.6. The zero-order valence-electron chi connectivity index (χ0n) is 18.0. The van der Waals surface area contributed by atoms with Gasteiger partial charge in [-0.1, -0.05) is 0 Å². The van der Waals surface area contributed by atoms with Crippen molar-refractivity contribution in [1.82, 2.24) is 9.80 Å². The van der Waals surface area contributed by atoms with Crippen LogP contribution in [0.5, 0.6) is 0 Å². The molecule has 0 saturated carbocycles. The Morgan fingerprint density at radius 3 is 2.19 bits per heavy atom. The Kier molecular flexibility index (Phi) is 6.58. The summed E-state index contributed by atoms with van der Waals surface area (Å²) in [6, 6.07) is 16.3. The Balaban J connectivity index is 1.49. The quantitative estimate of drug-likeness (QED) is 0.518. The van der Waals surface area contributed by atoms with Crippen molar-refractivity contribution >= 4 is 43.6 Å². The van der Waals surface area contributed by atoms with Crippen LogP contribution in [0.3, 0.4) is 0 Å². The minimum absolute atomic E-state index is 0.0378. The molecule has 1 amide bonds. The summed E-state index contributed by atoms with van der Waals surface area (Å²) in [4.78, 5) is 21.4. The third-order valence-electron chi connectivity index (χ3n) is 5.90. The van der Waals surface area contributed by atoms with Gasteiger partial charge in [0.2, 0.25) is 0 Å². The van der Waals surface area contributed by atoms with E-state index in [4.69, 9.17) is 5.11 Å². The van der Waals surface area contributed by atoms with Crippen LogP contribution in [0, 0.1) is 6.92 Å². The molecule has 1 N–H and O–H groups in total. The van der Waals surface area contributed by atoms with Crippen LogP contribution in [0.1, 0.15) is 11.1 Å². The average Bonchev–Trinajstić information content (AvgIpc) is 2.99. The number of anilines is 2. The molecule has 0 unspecified atom stereocenters. The normalized spacial score (nSPS) is 19.1. The molecular formula is C24H28N4O2Se. The van der Waals surface area contributed by atoms with E-state index in [-0.39, 0.29) is 12.5 Å². The van der Waals surface area contributed by atoms with E-state index in [1.54, 1.807) is 4.90 Å². The van der Waals surface area contributed by atoms with Gasteiger partial charge in [-0.3, -0.25) is 0 Å². The number of carbonyl (C=O) groups excluding carboxylic acids is 1. The van der Waals surface area contributed by atoms with Gasteiger partial charge in [0.15, 0.2) is 0 Å². The van der Waals surface area contributed by atoms with Crippen molar-refractivity contribution in [3.8, 4) is 0 Å². The Bertz CT molecular complexity index is 980. The number of nitrogens with zero attached hydrogens (tertiary/aromatic N) is 4. The van der Waals surface area contributed by atoms with Crippen LogP contribution in [0.15, 0.2) is 54.2 Å².